The molecule has 3 heteroatoms. The molecular weight excluding hydrogens is 510 g/mol. The summed E-state index contributed by atoms with van der Waals surface area (Å²) in [6.45, 7) is 13.4. The largest absolute Gasteiger partial charge is 0.256 e. The number of pyridine rings is 1. The summed E-state index contributed by atoms with van der Waals surface area (Å²) >= 11 is 0. The van der Waals surface area contributed by atoms with E-state index in [-0.39, 0.29) is 10.8 Å². The van der Waals surface area contributed by atoms with Crippen molar-refractivity contribution in [3.63, 3.8) is 0 Å². The topological polar surface area (TPSA) is 38.7 Å². The summed E-state index contributed by atoms with van der Waals surface area (Å²) in [5.41, 5.74) is 9.71. The number of hydrogen-bond acceptors (Lipinski definition) is 3. The van der Waals surface area contributed by atoms with Crippen molar-refractivity contribution in [3.8, 4) is 45.2 Å². The van der Waals surface area contributed by atoms with E-state index in [0.29, 0.717) is 5.82 Å². The molecule has 0 N–H and O–H groups in total. The van der Waals surface area contributed by atoms with E-state index in [9.17, 15) is 0 Å². The minimum atomic E-state index is 0.0887. The fourth-order valence-electron chi connectivity index (χ4n) is 5.31. The quantitative estimate of drug-likeness (QED) is 0.220. The monoisotopic (exact) mass is 547 g/mol. The van der Waals surface area contributed by atoms with Gasteiger partial charge in [-0.05, 0) is 45.5 Å². The van der Waals surface area contributed by atoms with Gasteiger partial charge in [0.25, 0.3) is 0 Å². The lowest BCUT2D eigenvalue weighted by Crippen LogP contribution is -2.10. The number of nitrogens with zero attached hydrogens (tertiary/aromatic N) is 3. The zero-order chi connectivity index (χ0) is 29.5. The van der Waals surface area contributed by atoms with Gasteiger partial charge in [0.05, 0.1) is 17.1 Å². The van der Waals surface area contributed by atoms with Crippen molar-refractivity contribution in [1.82, 2.24) is 15.0 Å². The number of fused-ring (bicyclic) bond motifs is 1. The molecule has 6 aromatic rings. The first-order valence-corrected chi connectivity index (χ1v) is 14.6. The van der Waals surface area contributed by atoms with Crippen LogP contribution in [0, 0.1) is 0 Å². The lowest BCUT2D eigenvalue weighted by molar-refractivity contribution is 0.590. The summed E-state index contributed by atoms with van der Waals surface area (Å²) in [7, 11) is 0. The van der Waals surface area contributed by atoms with Gasteiger partial charge in [-0.2, -0.15) is 0 Å². The molecule has 0 bridgehead atoms. The maximum absolute atomic E-state index is 5.11. The second-order valence-corrected chi connectivity index (χ2v) is 13.1. The van der Waals surface area contributed by atoms with Gasteiger partial charge >= 0.3 is 0 Å². The fraction of sp³-hybridized carbons (Fsp3) is 0.205. The Hall–Kier alpha value is -4.63. The fourth-order valence-corrected chi connectivity index (χ4v) is 5.31. The van der Waals surface area contributed by atoms with Gasteiger partial charge in [-0.3, -0.25) is 4.98 Å². The summed E-state index contributed by atoms with van der Waals surface area (Å²) in [6.07, 6.45) is 1.88. The minimum absolute atomic E-state index is 0.0887. The van der Waals surface area contributed by atoms with Crippen LogP contribution in [0.2, 0.25) is 0 Å². The average molecular weight is 548 g/mol. The molecule has 3 nitrogen and oxygen atoms in total. The standard InChI is InChI=1S/C39H37N3/c1-38(2,3)31-18-14-27(15-19-31)34-25-35(28-16-20-32(21-17-28)39(4,5)6)42-37(41-34)30-12-9-11-29(24-30)36-33-13-8-7-10-26(33)22-23-40-36/h7-25H,1-6H3. The Morgan fingerprint density at radius 1 is 0.476 bits per heavy atom. The number of aromatic nitrogens is 3. The predicted molar refractivity (Wildman–Crippen MR) is 176 cm³/mol. The Morgan fingerprint density at radius 3 is 1.60 bits per heavy atom. The van der Waals surface area contributed by atoms with E-state index in [1.807, 2.05) is 6.20 Å². The van der Waals surface area contributed by atoms with Crippen molar-refractivity contribution < 1.29 is 0 Å². The van der Waals surface area contributed by atoms with E-state index in [0.717, 1.165) is 44.7 Å². The zero-order valence-electron chi connectivity index (χ0n) is 25.3. The molecule has 0 aliphatic rings. The molecule has 0 radical (unpaired) electrons. The van der Waals surface area contributed by atoms with Crippen LogP contribution in [0.3, 0.4) is 0 Å². The smallest absolute Gasteiger partial charge is 0.160 e. The highest BCUT2D eigenvalue weighted by Gasteiger charge is 2.17. The van der Waals surface area contributed by atoms with Crippen molar-refractivity contribution >= 4 is 10.8 Å². The lowest BCUT2D eigenvalue weighted by atomic mass is 9.86. The molecule has 0 aliphatic carbocycles. The second-order valence-electron chi connectivity index (χ2n) is 13.1. The second kappa shape index (κ2) is 10.6. The molecule has 0 amide bonds. The Balaban J connectivity index is 1.49. The van der Waals surface area contributed by atoms with Crippen LogP contribution in [-0.2, 0) is 10.8 Å². The molecule has 2 aromatic heterocycles. The van der Waals surface area contributed by atoms with Crippen LogP contribution in [0.25, 0.3) is 55.9 Å². The highest BCUT2D eigenvalue weighted by Crippen LogP contribution is 2.33. The molecule has 6 rings (SSSR count). The first-order valence-electron chi connectivity index (χ1n) is 14.6. The maximum Gasteiger partial charge on any atom is 0.160 e. The zero-order valence-corrected chi connectivity index (χ0v) is 25.3. The Kier molecular flexibility index (Phi) is 6.98. The van der Waals surface area contributed by atoms with Crippen molar-refractivity contribution in [1.29, 1.82) is 0 Å². The maximum atomic E-state index is 5.11. The minimum Gasteiger partial charge on any atom is -0.256 e. The highest BCUT2D eigenvalue weighted by molar-refractivity contribution is 5.95. The normalized spacial score (nSPS) is 12.0. The number of hydrogen-bond donors (Lipinski definition) is 0. The average Bonchev–Trinajstić information content (AvgIpc) is 3.00. The number of benzene rings is 4. The first kappa shape index (κ1) is 27.5. The lowest BCUT2D eigenvalue weighted by Gasteiger charge is -2.19. The highest BCUT2D eigenvalue weighted by atomic mass is 14.9. The third kappa shape index (κ3) is 5.60. The van der Waals surface area contributed by atoms with Crippen molar-refractivity contribution in [3.05, 3.63) is 127 Å². The summed E-state index contributed by atoms with van der Waals surface area (Å²) in [6, 6.07) is 38.5. The molecule has 0 saturated heterocycles. The van der Waals surface area contributed by atoms with Crippen LogP contribution in [0.4, 0.5) is 0 Å². The summed E-state index contributed by atoms with van der Waals surface area (Å²) in [5.74, 6) is 0.699. The summed E-state index contributed by atoms with van der Waals surface area (Å²) in [5, 5.41) is 2.30. The summed E-state index contributed by atoms with van der Waals surface area (Å²) < 4.78 is 0. The molecular formula is C39H37N3. The first-order chi connectivity index (χ1) is 20.1. The van der Waals surface area contributed by atoms with E-state index in [4.69, 9.17) is 15.0 Å². The van der Waals surface area contributed by atoms with E-state index < -0.39 is 0 Å². The molecule has 4 aromatic carbocycles. The molecule has 2 heterocycles. The van der Waals surface area contributed by atoms with Gasteiger partial charge in [0.2, 0.25) is 0 Å². The van der Waals surface area contributed by atoms with E-state index in [1.54, 1.807) is 0 Å². The van der Waals surface area contributed by atoms with Crippen molar-refractivity contribution in [2.45, 2.75) is 52.4 Å². The summed E-state index contributed by atoms with van der Waals surface area (Å²) in [4.78, 5) is 15.0. The van der Waals surface area contributed by atoms with Gasteiger partial charge in [0.1, 0.15) is 0 Å². The SMILES string of the molecule is CC(C)(C)c1ccc(-c2cc(-c3ccc(C(C)(C)C)cc3)nc(-c3cccc(-c4nccc5ccccc45)c3)n2)cc1. The Morgan fingerprint density at radius 2 is 1.02 bits per heavy atom. The third-order valence-electron chi connectivity index (χ3n) is 7.89. The molecule has 0 atom stereocenters. The van der Waals surface area contributed by atoms with Crippen molar-refractivity contribution in [2.75, 3.05) is 0 Å². The van der Waals surface area contributed by atoms with Crippen molar-refractivity contribution in [2.24, 2.45) is 0 Å². The van der Waals surface area contributed by atoms with Gasteiger partial charge in [-0.15, -0.1) is 0 Å². The molecule has 0 saturated carbocycles. The van der Waals surface area contributed by atoms with E-state index in [1.165, 1.54) is 16.5 Å². The molecule has 0 unspecified atom stereocenters. The number of rotatable bonds is 4. The molecule has 0 spiro atoms. The molecule has 0 aliphatic heterocycles. The van der Waals surface area contributed by atoms with E-state index >= 15 is 0 Å². The van der Waals surface area contributed by atoms with Crippen LogP contribution >= 0.6 is 0 Å². The van der Waals surface area contributed by atoms with Gasteiger partial charge in [0, 0.05) is 33.8 Å². The third-order valence-corrected chi connectivity index (χ3v) is 7.89. The Bertz CT molecular complexity index is 1790. The van der Waals surface area contributed by atoms with Crippen LogP contribution in [0.15, 0.2) is 115 Å². The van der Waals surface area contributed by atoms with Crippen LogP contribution in [-0.4, -0.2) is 15.0 Å². The Labute approximate surface area is 249 Å². The van der Waals surface area contributed by atoms with Crippen LogP contribution < -0.4 is 0 Å². The van der Waals surface area contributed by atoms with Gasteiger partial charge in [-0.1, -0.05) is 133 Å². The predicted octanol–water partition coefficient (Wildman–Crippen LogP) is 10.3. The van der Waals surface area contributed by atoms with Gasteiger partial charge in [0.15, 0.2) is 5.82 Å². The van der Waals surface area contributed by atoms with Crippen LogP contribution in [0.5, 0.6) is 0 Å². The van der Waals surface area contributed by atoms with Gasteiger partial charge < -0.3 is 0 Å². The van der Waals surface area contributed by atoms with E-state index in [2.05, 4.69) is 151 Å². The molecule has 208 valence electrons. The van der Waals surface area contributed by atoms with Gasteiger partial charge in [-0.25, -0.2) is 9.97 Å². The molecule has 0 fully saturated rings. The van der Waals surface area contributed by atoms with Crippen LogP contribution in [0.1, 0.15) is 52.7 Å². The molecule has 42 heavy (non-hydrogen) atoms.